The summed E-state index contributed by atoms with van der Waals surface area (Å²) in [6.45, 7) is 4.10. The summed E-state index contributed by atoms with van der Waals surface area (Å²) >= 11 is 0. The monoisotopic (exact) mass is 390 g/mol. The van der Waals surface area contributed by atoms with Crippen LogP contribution in [0.25, 0.3) is 22.3 Å². The van der Waals surface area contributed by atoms with Crippen LogP contribution in [-0.2, 0) is 0 Å². The number of nitrogens with two attached hydrogens (primary N) is 1. The van der Waals surface area contributed by atoms with Crippen molar-refractivity contribution in [3.8, 4) is 17.0 Å². The number of fused-ring (bicyclic) bond motifs is 1. The number of piperidine rings is 1. The van der Waals surface area contributed by atoms with Crippen LogP contribution in [0.4, 0.5) is 0 Å². The van der Waals surface area contributed by atoms with E-state index in [1.165, 1.54) is 6.42 Å². The number of pyridine rings is 2. The zero-order chi connectivity index (χ0) is 20.5. The number of ether oxygens (including phenoxy) is 1. The van der Waals surface area contributed by atoms with Gasteiger partial charge in [0.25, 0.3) is 0 Å². The Bertz CT molecular complexity index is 1080. The van der Waals surface area contributed by atoms with Gasteiger partial charge in [0, 0.05) is 34.7 Å². The van der Waals surface area contributed by atoms with Crippen molar-refractivity contribution in [2.75, 3.05) is 27.2 Å². The lowest BCUT2D eigenvalue weighted by Crippen LogP contribution is -2.31. The molecule has 0 spiro atoms. The average Bonchev–Trinajstić information content (AvgIpc) is 2.72. The molecule has 150 valence electrons. The molecule has 0 aliphatic carbocycles. The van der Waals surface area contributed by atoms with Crippen molar-refractivity contribution >= 4 is 16.9 Å². The first-order valence-electron chi connectivity index (χ1n) is 9.91. The first kappa shape index (κ1) is 19.3. The van der Waals surface area contributed by atoms with Gasteiger partial charge in [-0.2, -0.15) is 0 Å². The van der Waals surface area contributed by atoms with Crippen molar-refractivity contribution in [2.24, 2.45) is 5.73 Å². The topological polar surface area (TPSA) is 81.3 Å². The summed E-state index contributed by atoms with van der Waals surface area (Å²) in [5.41, 5.74) is 10.2. The Balaban J connectivity index is 1.78. The number of hydrogen-bond donors (Lipinski definition) is 1. The number of benzene rings is 1. The largest absolute Gasteiger partial charge is 0.496 e. The summed E-state index contributed by atoms with van der Waals surface area (Å²) in [5.74, 6) is 0.540. The summed E-state index contributed by atoms with van der Waals surface area (Å²) in [6, 6.07) is 11.7. The molecule has 6 heteroatoms. The zero-order valence-electron chi connectivity index (χ0n) is 17.1. The van der Waals surface area contributed by atoms with Crippen molar-refractivity contribution < 1.29 is 9.53 Å². The number of methoxy groups -OCH3 is 1. The van der Waals surface area contributed by atoms with Crippen LogP contribution in [0, 0.1) is 6.92 Å². The van der Waals surface area contributed by atoms with E-state index in [1.54, 1.807) is 19.2 Å². The molecule has 3 aromatic rings. The summed E-state index contributed by atoms with van der Waals surface area (Å²) in [6.07, 6.45) is 2.35. The molecule has 2 aromatic heterocycles. The van der Waals surface area contributed by atoms with E-state index in [1.807, 2.05) is 19.1 Å². The van der Waals surface area contributed by atoms with E-state index in [4.69, 9.17) is 20.4 Å². The van der Waals surface area contributed by atoms with E-state index in [0.717, 1.165) is 53.1 Å². The fraction of sp³-hybridized carbons (Fsp3) is 0.348. The predicted molar refractivity (Wildman–Crippen MR) is 114 cm³/mol. The van der Waals surface area contributed by atoms with Gasteiger partial charge in [-0.1, -0.05) is 0 Å². The van der Waals surface area contributed by atoms with Crippen molar-refractivity contribution in [3.63, 3.8) is 0 Å². The minimum Gasteiger partial charge on any atom is -0.496 e. The molecule has 1 aliphatic heterocycles. The standard InChI is InChI=1S/C23H26N4O2/c1-14-11-17(22(24)28)12-20(29-3)21(14)19-9-7-15-6-8-18(25-23(15)26-19)16-5-4-10-27(2)13-16/h6-9,11-12,16H,4-5,10,13H2,1-3H3,(H2,24,28). The third kappa shape index (κ3) is 3.80. The number of nitrogens with zero attached hydrogens (tertiary/aromatic N) is 3. The third-order valence-corrected chi connectivity index (χ3v) is 5.68. The lowest BCUT2D eigenvalue weighted by molar-refractivity contribution is 0.1000. The van der Waals surface area contributed by atoms with E-state index in [9.17, 15) is 4.79 Å². The summed E-state index contributed by atoms with van der Waals surface area (Å²) < 4.78 is 5.54. The Morgan fingerprint density at radius 1 is 1.21 bits per heavy atom. The van der Waals surface area contributed by atoms with Gasteiger partial charge in [-0.3, -0.25) is 4.79 Å². The number of amides is 1. The number of carbonyl (C=O) groups excluding carboxylic acids is 1. The van der Waals surface area contributed by atoms with Crippen LogP contribution >= 0.6 is 0 Å². The molecule has 1 aromatic carbocycles. The van der Waals surface area contributed by atoms with E-state index >= 15 is 0 Å². The van der Waals surface area contributed by atoms with Crippen molar-refractivity contribution in [1.29, 1.82) is 0 Å². The van der Waals surface area contributed by atoms with Crippen LogP contribution in [0.15, 0.2) is 36.4 Å². The minimum atomic E-state index is -0.479. The Morgan fingerprint density at radius 2 is 2.00 bits per heavy atom. The highest BCUT2D eigenvalue weighted by Crippen LogP contribution is 2.34. The van der Waals surface area contributed by atoms with E-state index in [0.29, 0.717) is 17.2 Å². The smallest absolute Gasteiger partial charge is 0.248 e. The van der Waals surface area contributed by atoms with E-state index < -0.39 is 5.91 Å². The highest BCUT2D eigenvalue weighted by molar-refractivity contribution is 5.95. The van der Waals surface area contributed by atoms with Crippen LogP contribution in [0.3, 0.4) is 0 Å². The molecule has 2 N–H and O–H groups in total. The Hall–Kier alpha value is -2.99. The van der Waals surface area contributed by atoms with Gasteiger partial charge in [-0.15, -0.1) is 0 Å². The van der Waals surface area contributed by atoms with Gasteiger partial charge in [0.05, 0.1) is 12.8 Å². The van der Waals surface area contributed by atoms with Gasteiger partial charge in [-0.05, 0) is 75.3 Å². The molecule has 1 unspecified atom stereocenters. The maximum absolute atomic E-state index is 11.6. The van der Waals surface area contributed by atoms with Crippen LogP contribution in [0.1, 0.15) is 40.4 Å². The number of aryl methyl sites for hydroxylation is 1. The van der Waals surface area contributed by atoms with Crippen LogP contribution in [0.5, 0.6) is 5.75 Å². The summed E-state index contributed by atoms with van der Waals surface area (Å²) in [4.78, 5) is 23.7. The molecule has 0 bridgehead atoms. The van der Waals surface area contributed by atoms with Gasteiger partial charge in [0.1, 0.15) is 5.75 Å². The van der Waals surface area contributed by atoms with Crippen LogP contribution in [-0.4, -0.2) is 48.0 Å². The molecule has 3 heterocycles. The SMILES string of the molecule is COc1cc(C(N)=O)cc(C)c1-c1ccc2ccc(C3CCCN(C)C3)nc2n1. The first-order valence-corrected chi connectivity index (χ1v) is 9.91. The highest BCUT2D eigenvalue weighted by Gasteiger charge is 2.21. The van der Waals surface area contributed by atoms with E-state index in [-0.39, 0.29) is 0 Å². The molecule has 1 fully saturated rings. The number of likely N-dealkylation sites (N-methyl/N-ethyl adjacent to an activating group) is 1. The molecule has 1 amide bonds. The van der Waals surface area contributed by atoms with Crippen molar-refractivity contribution in [2.45, 2.75) is 25.7 Å². The molecule has 4 rings (SSSR count). The van der Waals surface area contributed by atoms with Gasteiger partial charge in [-0.25, -0.2) is 9.97 Å². The van der Waals surface area contributed by atoms with Crippen molar-refractivity contribution in [3.05, 3.63) is 53.2 Å². The quantitative estimate of drug-likeness (QED) is 0.737. The Kier molecular flexibility index (Phi) is 5.20. The molecule has 0 radical (unpaired) electrons. The van der Waals surface area contributed by atoms with E-state index in [2.05, 4.69) is 24.1 Å². The third-order valence-electron chi connectivity index (χ3n) is 5.68. The molecule has 0 saturated carbocycles. The molecule has 1 aliphatic rings. The molecule has 6 nitrogen and oxygen atoms in total. The van der Waals surface area contributed by atoms with Crippen LogP contribution in [0.2, 0.25) is 0 Å². The number of hydrogen-bond acceptors (Lipinski definition) is 5. The normalized spacial score (nSPS) is 17.4. The summed E-state index contributed by atoms with van der Waals surface area (Å²) in [7, 11) is 3.74. The molecular formula is C23H26N4O2. The minimum absolute atomic E-state index is 0.422. The second-order valence-corrected chi connectivity index (χ2v) is 7.82. The lowest BCUT2D eigenvalue weighted by Gasteiger charge is -2.29. The second-order valence-electron chi connectivity index (χ2n) is 7.82. The molecule has 1 saturated heterocycles. The number of likely N-dealkylation sites (tertiary alicyclic amines) is 1. The highest BCUT2D eigenvalue weighted by atomic mass is 16.5. The molecular weight excluding hydrogens is 364 g/mol. The predicted octanol–water partition coefficient (Wildman–Crippen LogP) is 3.52. The van der Waals surface area contributed by atoms with Gasteiger partial charge in [0.15, 0.2) is 5.65 Å². The maximum atomic E-state index is 11.6. The maximum Gasteiger partial charge on any atom is 0.248 e. The van der Waals surface area contributed by atoms with Crippen LogP contribution < -0.4 is 10.5 Å². The lowest BCUT2D eigenvalue weighted by atomic mass is 9.94. The first-order chi connectivity index (χ1) is 14.0. The second kappa shape index (κ2) is 7.79. The number of carbonyl (C=O) groups is 1. The van der Waals surface area contributed by atoms with Gasteiger partial charge >= 0.3 is 0 Å². The Labute approximate surface area is 170 Å². The fourth-order valence-electron chi connectivity index (χ4n) is 4.17. The number of aromatic nitrogens is 2. The zero-order valence-corrected chi connectivity index (χ0v) is 17.1. The fourth-order valence-corrected chi connectivity index (χ4v) is 4.17. The van der Waals surface area contributed by atoms with Crippen molar-refractivity contribution in [1.82, 2.24) is 14.9 Å². The number of primary amides is 1. The van der Waals surface area contributed by atoms with Gasteiger partial charge < -0.3 is 15.4 Å². The Morgan fingerprint density at radius 3 is 2.72 bits per heavy atom. The van der Waals surface area contributed by atoms with Gasteiger partial charge in [0.2, 0.25) is 5.91 Å². The number of rotatable bonds is 4. The molecule has 29 heavy (non-hydrogen) atoms. The average molecular weight is 390 g/mol. The summed E-state index contributed by atoms with van der Waals surface area (Å²) in [5, 5.41) is 1.01. The molecule has 1 atom stereocenters.